The number of hydrogen-bond donors (Lipinski definition) is 1. The van der Waals surface area contributed by atoms with Crippen molar-refractivity contribution in [1.29, 1.82) is 0 Å². The van der Waals surface area contributed by atoms with Crippen molar-refractivity contribution in [2.75, 3.05) is 0 Å². The molecule has 0 radical (unpaired) electrons. The first-order chi connectivity index (χ1) is 4.00. The molecule has 0 aliphatic rings. The molecule has 0 atom stereocenters. The van der Waals surface area contributed by atoms with E-state index in [4.69, 9.17) is 0 Å². The van der Waals surface area contributed by atoms with Crippen molar-refractivity contribution in [3.8, 4) is 0 Å². The minimum atomic E-state index is -0.481. The molecule has 1 amide bonds. The van der Waals surface area contributed by atoms with Crippen LogP contribution in [0.15, 0.2) is 12.7 Å². The molecular formula is C6H12NNaO. The van der Waals surface area contributed by atoms with E-state index in [2.05, 4.69) is 26.2 Å². The summed E-state index contributed by atoms with van der Waals surface area (Å²) in [4.78, 5) is 9.47. The molecule has 0 heterocycles. The first kappa shape index (κ1) is 11.9. The molecule has 0 aliphatic heterocycles. The van der Waals surface area contributed by atoms with E-state index in [1.165, 1.54) is 27.9 Å². The summed E-state index contributed by atoms with van der Waals surface area (Å²) < 4.78 is 0.972. The zero-order valence-corrected chi connectivity index (χ0v) is 8.35. The van der Waals surface area contributed by atoms with E-state index < -0.39 is 5.91 Å². The average molecular weight is 137 g/mol. The van der Waals surface area contributed by atoms with Crippen molar-refractivity contribution in [2.24, 2.45) is 5.73 Å². The summed E-state index contributed by atoms with van der Waals surface area (Å²) >= 11 is 1.35. The predicted octanol–water partition coefficient (Wildman–Crippen LogP) is 0.641. The van der Waals surface area contributed by atoms with Gasteiger partial charge in [0.2, 0.25) is 5.91 Å². The molecule has 3 heteroatoms. The Hall–Kier alpha value is 0.210. The van der Waals surface area contributed by atoms with Crippen LogP contribution in [-0.4, -0.2) is 33.8 Å². The van der Waals surface area contributed by atoms with Gasteiger partial charge in [0.05, 0.1) is 0 Å². The maximum absolute atomic E-state index is 9.47. The zero-order chi connectivity index (χ0) is 7.86. The fraction of sp³-hybridized carbons (Fsp3) is 0.500. The van der Waals surface area contributed by atoms with Gasteiger partial charge in [0.25, 0.3) is 0 Å². The monoisotopic (exact) mass is 137 g/mol. The molecule has 0 aromatic rings. The van der Waals surface area contributed by atoms with Gasteiger partial charge in [-0.25, -0.2) is 0 Å². The normalized spacial score (nSPS) is 7.67. The molecule has 2 N–H and O–H groups in total. The van der Waals surface area contributed by atoms with Gasteiger partial charge in [-0.3, -0.25) is 4.79 Å². The number of nitrogens with two attached hydrogens (primary N) is 1. The van der Waals surface area contributed by atoms with Gasteiger partial charge in [0, 0.05) is 0 Å². The average Bonchev–Trinajstić information content (AvgIpc) is 1.65. The molecule has 48 valence electrons. The fourth-order valence-corrected chi connectivity index (χ4v) is 0. The Bertz CT molecular complexity index is 88.3. The number of primary amides is 1. The standard InChI is InChI=1S/C3H5NO.C3H7.Na/c1-2-3(4)5;1-3-2;/h2H,1H2,(H2,4,5);3H,1-2H3;. The van der Waals surface area contributed by atoms with Crippen LogP contribution in [0.25, 0.3) is 0 Å². The van der Waals surface area contributed by atoms with Crippen molar-refractivity contribution in [3.05, 3.63) is 12.7 Å². The van der Waals surface area contributed by atoms with E-state index in [9.17, 15) is 4.79 Å². The third kappa shape index (κ3) is 64.8. The van der Waals surface area contributed by atoms with Crippen LogP contribution in [0, 0.1) is 0 Å². The van der Waals surface area contributed by atoms with Gasteiger partial charge in [-0.2, -0.15) is 0 Å². The van der Waals surface area contributed by atoms with Crippen molar-refractivity contribution < 1.29 is 4.79 Å². The zero-order valence-electron chi connectivity index (χ0n) is 6.35. The molecule has 0 saturated heterocycles. The van der Waals surface area contributed by atoms with Crippen molar-refractivity contribution in [2.45, 2.75) is 17.0 Å². The Morgan fingerprint density at radius 2 is 1.89 bits per heavy atom. The number of amides is 1. The molecule has 0 aromatic heterocycles. The van der Waals surface area contributed by atoms with Crippen LogP contribution in [0.2, 0.25) is 3.17 Å². The summed E-state index contributed by atoms with van der Waals surface area (Å²) in [6.45, 7) is 7.54. The third-order valence-corrected chi connectivity index (χ3v) is 0.201. The molecule has 0 aliphatic carbocycles. The summed E-state index contributed by atoms with van der Waals surface area (Å²) in [5, 5.41) is 0. The van der Waals surface area contributed by atoms with E-state index in [0.717, 1.165) is 9.24 Å². The Kier molecular flexibility index (Phi) is 10.9. The Labute approximate surface area is 73.9 Å². The molecule has 0 bridgehead atoms. The Morgan fingerprint density at radius 3 is 1.89 bits per heavy atom. The van der Waals surface area contributed by atoms with Crippen molar-refractivity contribution in [3.63, 3.8) is 0 Å². The van der Waals surface area contributed by atoms with E-state index in [0.29, 0.717) is 0 Å². The van der Waals surface area contributed by atoms with Crippen LogP contribution in [-0.2, 0) is 4.79 Å². The van der Waals surface area contributed by atoms with Crippen molar-refractivity contribution in [1.82, 2.24) is 0 Å². The second-order valence-corrected chi connectivity index (χ2v) is 4.65. The summed E-state index contributed by atoms with van der Waals surface area (Å²) in [5.41, 5.74) is 4.53. The van der Waals surface area contributed by atoms with Gasteiger partial charge in [-0.15, -0.1) is 0 Å². The number of carbonyl (C=O) groups excluding carboxylic acids is 1. The Morgan fingerprint density at radius 1 is 1.78 bits per heavy atom. The van der Waals surface area contributed by atoms with Crippen LogP contribution in [0.3, 0.4) is 0 Å². The number of hydrogen-bond acceptors (Lipinski definition) is 1. The van der Waals surface area contributed by atoms with E-state index in [-0.39, 0.29) is 0 Å². The maximum atomic E-state index is 9.47. The summed E-state index contributed by atoms with van der Waals surface area (Å²) in [6.07, 6.45) is 1.06. The van der Waals surface area contributed by atoms with Gasteiger partial charge in [-0.05, 0) is 6.08 Å². The van der Waals surface area contributed by atoms with E-state index in [1.807, 2.05) is 0 Å². The molecule has 0 aromatic carbocycles. The van der Waals surface area contributed by atoms with Crippen LogP contribution in [0.4, 0.5) is 0 Å². The fourth-order valence-electron chi connectivity index (χ4n) is 0. The minimum absolute atomic E-state index is 0.481. The van der Waals surface area contributed by atoms with Gasteiger partial charge in [0.15, 0.2) is 0 Å². The number of rotatable bonds is 1. The van der Waals surface area contributed by atoms with Crippen LogP contribution in [0.1, 0.15) is 13.8 Å². The second kappa shape index (κ2) is 8.21. The molecule has 0 unspecified atom stereocenters. The summed E-state index contributed by atoms with van der Waals surface area (Å²) in [6, 6.07) is 0. The van der Waals surface area contributed by atoms with Crippen LogP contribution >= 0.6 is 0 Å². The molecule has 0 saturated carbocycles. The third-order valence-electron chi connectivity index (χ3n) is 0.201. The second-order valence-electron chi connectivity index (χ2n) is 2.34. The van der Waals surface area contributed by atoms with Crippen molar-refractivity contribution >= 4 is 33.8 Å². The van der Waals surface area contributed by atoms with Crippen LogP contribution in [0.5, 0.6) is 0 Å². The molecule has 0 spiro atoms. The quantitative estimate of drug-likeness (QED) is 0.418. The summed E-state index contributed by atoms with van der Waals surface area (Å²) in [7, 11) is 0. The molecular weight excluding hydrogens is 125 g/mol. The first-order valence-electron chi connectivity index (χ1n) is 2.92. The first-order valence-corrected chi connectivity index (χ1v) is 4.08. The van der Waals surface area contributed by atoms with Gasteiger partial charge in [-0.1, -0.05) is 6.58 Å². The molecule has 9 heavy (non-hydrogen) atoms. The topological polar surface area (TPSA) is 43.1 Å². The predicted molar refractivity (Wildman–Crippen MR) is 40.2 cm³/mol. The molecule has 2 nitrogen and oxygen atoms in total. The Balaban J connectivity index is 0. The van der Waals surface area contributed by atoms with Gasteiger partial charge >= 0.3 is 44.9 Å². The van der Waals surface area contributed by atoms with Gasteiger partial charge < -0.3 is 5.73 Å². The molecule has 0 fully saturated rings. The summed E-state index contributed by atoms with van der Waals surface area (Å²) in [5.74, 6) is -0.481. The SMILES string of the molecule is C=CC(N)=O.C[CH](C)[Na]. The van der Waals surface area contributed by atoms with E-state index in [1.54, 1.807) is 0 Å². The van der Waals surface area contributed by atoms with Crippen LogP contribution < -0.4 is 5.73 Å². The van der Waals surface area contributed by atoms with Gasteiger partial charge in [0.1, 0.15) is 0 Å². The molecule has 0 rings (SSSR count). The van der Waals surface area contributed by atoms with E-state index >= 15 is 0 Å². The number of carbonyl (C=O) groups is 1.